The second-order valence-electron chi connectivity index (χ2n) is 5.59. The van der Waals surface area contributed by atoms with Crippen LogP contribution in [0.1, 0.15) is 17.3 Å². The Morgan fingerprint density at radius 2 is 1.71 bits per heavy atom. The molecule has 24 heavy (non-hydrogen) atoms. The number of methoxy groups -OCH3 is 2. The van der Waals surface area contributed by atoms with Crippen molar-refractivity contribution < 1.29 is 14.3 Å². The van der Waals surface area contributed by atoms with E-state index in [-0.39, 0.29) is 5.91 Å². The fourth-order valence-corrected chi connectivity index (χ4v) is 3.09. The number of benzene rings is 2. The molecule has 0 fully saturated rings. The van der Waals surface area contributed by atoms with Gasteiger partial charge in [-0.3, -0.25) is 4.79 Å². The van der Waals surface area contributed by atoms with Crippen LogP contribution >= 0.6 is 0 Å². The Kier molecular flexibility index (Phi) is 4.60. The van der Waals surface area contributed by atoms with E-state index in [9.17, 15) is 4.79 Å². The largest absolute Gasteiger partial charge is 0.493 e. The Labute approximate surface area is 142 Å². The molecule has 0 aromatic heterocycles. The van der Waals surface area contributed by atoms with Gasteiger partial charge in [0.2, 0.25) is 0 Å². The van der Waals surface area contributed by atoms with Crippen LogP contribution in [0, 0.1) is 0 Å². The lowest BCUT2D eigenvalue weighted by molar-refractivity contribution is 0.0986. The zero-order chi connectivity index (χ0) is 17.1. The molecule has 1 heterocycles. The second kappa shape index (κ2) is 6.83. The van der Waals surface area contributed by atoms with Crippen molar-refractivity contribution in [3.8, 4) is 11.5 Å². The summed E-state index contributed by atoms with van der Waals surface area (Å²) in [6, 6.07) is 13.3. The highest BCUT2D eigenvalue weighted by Gasteiger charge is 2.27. The van der Waals surface area contributed by atoms with Crippen LogP contribution in [0.3, 0.4) is 0 Å². The molecule has 0 N–H and O–H groups in total. The van der Waals surface area contributed by atoms with E-state index in [1.54, 1.807) is 32.4 Å². The van der Waals surface area contributed by atoms with Crippen molar-refractivity contribution in [2.24, 2.45) is 0 Å². The number of hydrogen-bond donors (Lipinski definition) is 0. The van der Waals surface area contributed by atoms with Gasteiger partial charge in [-0.1, -0.05) is 12.1 Å². The molecule has 0 aliphatic carbocycles. The first kappa shape index (κ1) is 16.2. The third-order valence-electron chi connectivity index (χ3n) is 4.36. The molecular weight excluding hydrogens is 304 g/mol. The van der Waals surface area contributed by atoms with Gasteiger partial charge in [-0.05, 0) is 37.3 Å². The number of amides is 1. The van der Waals surface area contributed by atoms with Gasteiger partial charge in [0.25, 0.3) is 5.91 Å². The quantitative estimate of drug-likeness (QED) is 0.865. The van der Waals surface area contributed by atoms with Gasteiger partial charge in [-0.15, -0.1) is 0 Å². The zero-order valence-corrected chi connectivity index (χ0v) is 14.3. The maximum atomic E-state index is 13.0. The Hall–Kier alpha value is -2.69. The van der Waals surface area contributed by atoms with Crippen LogP contribution in [0.2, 0.25) is 0 Å². The van der Waals surface area contributed by atoms with Gasteiger partial charge in [-0.2, -0.15) is 0 Å². The molecule has 0 bridgehead atoms. The molecule has 0 unspecified atom stereocenters. The first-order valence-corrected chi connectivity index (χ1v) is 8.07. The number of anilines is 2. The van der Waals surface area contributed by atoms with Gasteiger partial charge in [0, 0.05) is 25.2 Å². The normalized spacial score (nSPS) is 13.5. The standard InChI is InChI=1S/C19H22N2O3/c1-4-20-11-12-21(16-8-6-5-7-15(16)20)19(22)14-9-10-17(23-2)18(13-14)24-3/h5-10,13H,4,11-12H2,1-3H3. The number of carbonyl (C=O) groups excluding carboxylic acids is 1. The van der Waals surface area contributed by atoms with Gasteiger partial charge in [0.1, 0.15) is 0 Å². The predicted octanol–water partition coefficient (Wildman–Crippen LogP) is 3.19. The smallest absolute Gasteiger partial charge is 0.258 e. The van der Waals surface area contributed by atoms with Gasteiger partial charge in [-0.25, -0.2) is 0 Å². The Morgan fingerprint density at radius 3 is 2.38 bits per heavy atom. The zero-order valence-electron chi connectivity index (χ0n) is 14.3. The van der Waals surface area contributed by atoms with Crippen LogP contribution in [0.5, 0.6) is 11.5 Å². The summed E-state index contributed by atoms with van der Waals surface area (Å²) in [5.41, 5.74) is 2.64. The summed E-state index contributed by atoms with van der Waals surface area (Å²) in [6.45, 7) is 4.54. The number of rotatable bonds is 4. The first-order valence-electron chi connectivity index (χ1n) is 8.07. The predicted molar refractivity (Wildman–Crippen MR) is 95.6 cm³/mol. The van der Waals surface area contributed by atoms with Crippen LogP contribution in [0.4, 0.5) is 11.4 Å². The van der Waals surface area contributed by atoms with Gasteiger partial charge < -0.3 is 19.3 Å². The van der Waals surface area contributed by atoms with Crippen LogP contribution in [0.15, 0.2) is 42.5 Å². The minimum absolute atomic E-state index is 0.0286. The highest BCUT2D eigenvalue weighted by Crippen LogP contribution is 2.34. The molecule has 126 valence electrons. The van der Waals surface area contributed by atoms with E-state index < -0.39 is 0 Å². The summed E-state index contributed by atoms with van der Waals surface area (Å²) in [5.74, 6) is 1.15. The monoisotopic (exact) mass is 326 g/mol. The summed E-state index contributed by atoms with van der Waals surface area (Å²) in [7, 11) is 3.15. The van der Waals surface area contributed by atoms with Crippen molar-refractivity contribution in [2.45, 2.75) is 6.92 Å². The summed E-state index contributed by atoms with van der Waals surface area (Å²) in [6.07, 6.45) is 0. The summed E-state index contributed by atoms with van der Waals surface area (Å²) in [5, 5.41) is 0. The lowest BCUT2D eigenvalue weighted by Crippen LogP contribution is -2.44. The fraction of sp³-hybridized carbons (Fsp3) is 0.316. The number of nitrogens with zero attached hydrogens (tertiary/aromatic N) is 2. The first-order chi connectivity index (χ1) is 11.7. The average Bonchev–Trinajstić information content (AvgIpc) is 2.65. The van der Waals surface area contributed by atoms with E-state index in [1.807, 2.05) is 23.1 Å². The van der Waals surface area contributed by atoms with Crippen molar-refractivity contribution in [2.75, 3.05) is 43.7 Å². The molecule has 2 aromatic carbocycles. The lowest BCUT2D eigenvalue weighted by Gasteiger charge is -2.37. The number of ether oxygens (including phenoxy) is 2. The topological polar surface area (TPSA) is 42.0 Å². The van der Waals surface area contributed by atoms with Crippen molar-refractivity contribution in [3.05, 3.63) is 48.0 Å². The maximum absolute atomic E-state index is 13.0. The van der Waals surface area contributed by atoms with E-state index in [4.69, 9.17) is 9.47 Å². The number of para-hydroxylation sites is 2. The Balaban J connectivity index is 1.96. The fourth-order valence-electron chi connectivity index (χ4n) is 3.09. The van der Waals surface area contributed by atoms with E-state index >= 15 is 0 Å². The number of hydrogen-bond acceptors (Lipinski definition) is 4. The van der Waals surface area contributed by atoms with Crippen LogP contribution in [0.25, 0.3) is 0 Å². The molecule has 0 saturated heterocycles. The molecule has 0 radical (unpaired) electrons. The molecule has 1 amide bonds. The molecule has 0 saturated carbocycles. The highest BCUT2D eigenvalue weighted by molar-refractivity contribution is 6.08. The molecule has 5 nitrogen and oxygen atoms in total. The number of fused-ring (bicyclic) bond motifs is 1. The molecule has 1 aliphatic heterocycles. The molecule has 1 aliphatic rings. The highest BCUT2D eigenvalue weighted by atomic mass is 16.5. The summed E-state index contributed by atoms with van der Waals surface area (Å²) < 4.78 is 10.6. The summed E-state index contributed by atoms with van der Waals surface area (Å²) in [4.78, 5) is 17.2. The van der Waals surface area contributed by atoms with Crippen LogP contribution in [-0.4, -0.2) is 39.8 Å². The molecule has 0 spiro atoms. The SMILES string of the molecule is CCN1CCN(C(=O)c2ccc(OC)c(OC)c2)c2ccccc21. The maximum Gasteiger partial charge on any atom is 0.258 e. The van der Waals surface area contributed by atoms with E-state index in [2.05, 4.69) is 17.9 Å². The summed E-state index contributed by atoms with van der Waals surface area (Å²) >= 11 is 0. The minimum atomic E-state index is -0.0286. The van der Waals surface area contributed by atoms with Crippen LogP contribution < -0.4 is 19.3 Å². The van der Waals surface area contributed by atoms with Crippen LogP contribution in [-0.2, 0) is 0 Å². The third-order valence-corrected chi connectivity index (χ3v) is 4.36. The average molecular weight is 326 g/mol. The van der Waals surface area contributed by atoms with Gasteiger partial charge in [0.05, 0.1) is 25.6 Å². The Morgan fingerprint density at radius 1 is 1.00 bits per heavy atom. The van der Waals surface area contributed by atoms with E-state index in [1.165, 1.54) is 0 Å². The third kappa shape index (κ3) is 2.77. The number of likely N-dealkylation sites (N-methyl/N-ethyl adjacent to an activating group) is 1. The number of carbonyl (C=O) groups is 1. The van der Waals surface area contributed by atoms with Crippen molar-refractivity contribution >= 4 is 17.3 Å². The minimum Gasteiger partial charge on any atom is -0.493 e. The second-order valence-corrected chi connectivity index (χ2v) is 5.59. The van der Waals surface area contributed by atoms with Crippen molar-refractivity contribution in [1.82, 2.24) is 0 Å². The van der Waals surface area contributed by atoms with E-state index in [0.717, 1.165) is 24.5 Å². The molecule has 3 rings (SSSR count). The van der Waals surface area contributed by atoms with Crippen molar-refractivity contribution in [3.63, 3.8) is 0 Å². The van der Waals surface area contributed by atoms with E-state index in [0.29, 0.717) is 23.6 Å². The molecular formula is C19H22N2O3. The lowest BCUT2D eigenvalue weighted by atomic mass is 10.1. The molecule has 2 aromatic rings. The van der Waals surface area contributed by atoms with Crippen molar-refractivity contribution in [1.29, 1.82) is 0 Å². The van der Waals surface area contributed by atoms with Gasteiger partial charge >= 0.3 is 0 Å². The Bertz CT molecular complexity index is 745. The molecule has 0 atom stereocenters. The van der Waals surface area contributed by atoms with Gasteiger partial charge in [0.15, 0.2) is 11.5 Å². The molecule has 5 heteroatoms.